The molecule has 0 radical (unpaired) electrons. The van der Waals surface area contributed by atoms with Gasteiger partial charge in [0, 0.05) is 22.7 Å². The van der Waals surface area contributed by atoms with Crippen LogP contribution in [0.5, 0.6) is 5.75 Å². The number of nitriles is 1. The van der Waals surface area contributed by atoms with E-state index in [1.807, 2.05) is 19.1 Å². The Kier molecular flexibility index (Phi) is 4.66. The van der Waals surface area contributed by atoms with Crippen molar-refractivity contribution in [2.75, 3.05) is 7.11 Å². The molecule has 0 atom stereocenters. The lowest BCUT2D eigenvalue weighted by Gasteiger charge is -2.15. The Hall–Kier alpha value is -2.25. The highest BCUT2D eigenvalue weighted by molar-refractivity contribution is 6.30. The Morgan fingerprint density at radius 2 is 2.10 bits per heavy atom. The van der Waals surface area contributed by atoms with Crippen molar-refractivity contribution in [3.8, 4) is 23.1 Å². The molecule has 1 aromatic carbocycles. The number of rotatable bonds is 4. The molecule has 0 aliphatic rings. The summed E-state index contributed by atoms with van der Waals surface area (Å²) >= 11 is 6.05. The first-order valence-corrected chi connectivity index (χ1v) is 6.93. The second-order valence-corrected chi connectivity index (χ2v) is 4.91. The summed E-state index contributed by atoms with van der Waals surface area (Å²) in [4.78, 5) is 12.4. The van der Waals surface area contributed by atoms with Crippen LogP contribution in [0, 0.1) is 11.3 Å². The van der Waals surface area contributed by atoms with E-state index in [0.717, 1.165) is 11.3 Å². The summed E-state index contributed by atoms with van der Waals surface area (Å²) in [5.74, 6) is 0.647. The van der Waals surface area contributed by atoms with E-state index in [1.54, 1.807) is 35.9 Å². The average molecular weight is 303 g/mol. The van der Waals surface area contributed by atoms with Gasteiger partial charge in [-0.15, -0.1) is 0 Å². The minimum Gasteiger partial charge on any atom is -0.496 e. The zero-order valence-electron chi connectivity index (χ0n) is 11.9. The van der Waals surface area contributed by atoms with Gasteiger partial charge in [-0.1, -0.05) is 17.7 Å². The van der Waals surface area contributed by atoms with Crippen LogP contribution in [-0.4, -0.2) is 11.7 Å². The predicted octanol–water partition coefficient (Wildman–Crippen LogP) is 3.26. The molecule has 0 spiro atoms. The van der Waals surface area contributed by atoms with E-state index in [1.165, 1.54) is 0 Å². The van der Waals surface area contributed by atoms with Gasteiger partial charge in [-0.2, -0.15) is 5.26 Å². The number of methoxy groups -OCH3 is 1. The van der Waals surface area contributed by atoms with Gasteiger partial charge in [-0.3, -0.25) is 4.79 Å². The average Bonchev–Trinajstić information content (AvgIpc) is 2.49. The van der Waals surface area contributed by atoms with Gasteiger partial charge in [-0.25, -0.2) is 0 Å². The Balaban J connectivity index is 2.71. The minimum atomic E-state index is -0.154. The molecule has 1 heterocycles. The van der Waals surface area contributed by atoms with Gasteiger partial charge in [-0.05, 0) is 31.2 Å². The molecule has 21 heavy (non-hydrogen) atoms. The molecule has 2 aromatic rings. The molecule has 4 nitrogen and oxygen atoms in total. The van der Waals surface area contributed by atoms with Crippen LogP contribution in [0.15, 0.2) is 35.1 Å². The van der Waals surface area contributed by atoms with Gasteiger partial charge in [0.2, 0.25) is 0 Å². The largest absolute Gasteiger partial charge is 0.496 e. The lowest BCUT2D eigenvalue weighted by atomic mass is 10.1. The maximum absolute atomic E-state index is 12.4. The lowest BCUT2D eigenvalue weighted by molar-refractivity contribution is 0.416. The Morgan fingerprint density at radius 1 is 1.33 bits per heavy atom. The number of aromatic nitrogens is 1. The molecule has 0 amide bonds. The topological polar surface area (TPSA) is 55.0 Å². The van der Waals surface area contributed by atoms with E-state index in [2.05, 4.69) is 0 Å². The highest BCUT2D eigenvalue weighted by atomic mass is 35.5. The zero-order chi connectivity index (χ0) is 15.4. The smallest absolute Gasteiger partial charge is 0.255 e. The monoisotopic (exact) mass is 302 g/mol. The van der Waals surface area contributed by atoms with Crippen LogP contribution in [0.2, 0.25) is 5.02 Å². The number of pyridine rings is 1. The van der Waals surface area contributed by atoms with Crippen molar-refractivity contribution in [1.82, 2.24) is 4.57 Å². The SMILES string of the molecule is CCn1c(-c2cc(Cl)ccc2OC)ccc(CC#N)c1=O. The van der Waals surface area contributed by atoms with Crippen molar-refractivity contribution >= 4 is 11.6 Å². The standard InChI is InChI=1S/C16H15ClN2O2/c1-3-19-14(6-4-11(8-9-18)16(19)20)13-10-12(17)5-7-15(13)21-2/h4-7,10H,3,8H2,1-2H3. The van der Waals surface area contributed by atoms with Crippen LogP contribution in [-0.2, 0) is 13.0 Å². The van der Waals surface area contributed by atoms with E-state index in [9.17, 15) is 4.79 Å². The van der Waals surface area contributed by atoms with Crippen LogP contribution >= 0.6 is 11.6 Å². The molecular formula is C16H15ClN2O2. The molecule has 0 aliphatic heterocycles. The summed E-state index contributed by atoms with van der Waals surface area (Å²) in [6.07, 6.45) is 0.103. The number of ether oxygens (including phenoxy) is 1. The quantitative estimate of drug-likeness (QED) is 0.871. The minimum absolute atomic E-state index is 0.103. The van der Waals surface area contributed by atoms with Gasteiger partial charge >= 0.3 is 0 Å². The van der Waals surface area contributed by atoms with Gasteiger partial charge in [0.05, 0.1) is 25.3 Å². The van der Waals surface area contributed by atoms with Crippen LogP contribution in [0.1, 0.15) is 12.5 Å². The molecule has 0 saturated heterocycles. The van der Waals surface area contributed by atoms with Crippen molar-refractivity contribution in [3.05, 3.63) is 51.3 Å². The van der Waals surface area contributed by atoms with E-state index in [4.69, 9.17) is 21.6 Å². The first-order valence-electron chi connectivity index (χ1n) is 6.56. The third kappa shape index (κ3) is 2.93. The summed E-state index contributed by atoms with van der Waals surface area (Å²) < 4.78 is 6.97. The first-order chi connectivity index (χ1) is 10.1. The van der Waals surface area contributed by atoms with Crippen molar-refractivity contribution in [1.29, 1.82) is 5.26 Å². The molecular weight excluding hydrogens is 288 g/mol. The summed E-state index contributed by atoms with van der Waals surface area (Å²) in [6.45, 7) is 2.39. The molecule has 0 saturated carbocycles. The Labute approximate surface area is 128 Å². The summed E-state index contributed by atoms with van der Waals surface area (Å²) in [6, 6.07) is 10.8. The van der Waals surface area contributed by atoms with Gasteiger partial charge < -0.3 is 9.30 Å². The molecule has 108 valence electrons. The Morgan fingerprint density at radius 3 is 2.71 bits per heavy atom. The summed E-state index contributed by atoms with van der Waals surface area (Å²) in [5.41, 5.74) is 1.82. The van der Waals surface area contributed by atoms with Gasteiger partial charge in [0.15, 0.2) is 0 Å². The lowest BCUT2D eigenvalue weighted by Crippen LogP contribution is -2.24. The fourth-order valence-corrected chi connectivity index (χ4v) is 2.44. The van der Waals surface area contributed by atoms with Gasteiger partial charge in [0.1, 0.15) is 5.75 Å². The third-order valence-corrected chi connectivity index (χ3v) is 3.51. The van der Waals surface area contributed by atoms with Gasteiger partial charge in [0.25, 0.3) is 5.56 Å². The summed E-state index contributed by atoms with van der Waals surface area (Å²) in [7, 11) is 1.57. The van der Waals surface area contributed by atoms with Crippen molar-refractivity contribution < 1.29 is 4.74 Å². The number of hydrogen-bond acceptors (Lipinski definition) is 3. The predicted molar refractivity (Wildman–Crippen MR) is 82.7 cm³/mol. The highest BCUT2D eigenvalue weighted by Crippen LogP contribution is 2.32. The fraction of sp³-hybridized carbons (Fsp3) is 0.250. The molecule has 5 heteroatoms. The number of nitrogens with zero attached hydrogens (tertiary/aromatic N) is 2. The van der Waals surface area contributed by atoms with Crippen molar-refractivity contribution in [3.63, 3.8) is 0 Å². The van der Waals surface area contributed by atoms with E-state index >= 15 is 0 Å². The highest BCUT2D eigenvalue weighted by Gasteiger charge is 2.13. The zero-order valence-corrected chi connectivity index (χ0v) is 12.6. The van der Waals surface area contributed by atoms with E-state index < -0.39 is 0 Å². The molecule has 0 bridgehead atoms. The summed E-state index contributed by atoms with van der Waals surface area (Å²) in [5, 5.41) is 9.35. The fourth-order valence-electron chi connectivity index (χ4n) is 2.27. The first kappa shape index (κ1) is 15.1. The molecule has 0 fully saturated rings. The third-order valence-electron chi connectivity index (χ3n) is 3.28. The number of hydrogen-bond donors (Lipinski definition) is 0. The van der Waals surface area contributed by atoms with Crippen LogP contribution in [0.3, 0.4) is 0 Å². The van der Waals surface area contributed by atoms with Crippen LogP contribution in [0.4, 0.5) is 0 Å². The molecule has 0 unspecified atom stereocenters. The second-order valence-electron chi connectivity index (χ2n) is 4.47. The normalized spacial score (nSPS) is 10.2. The van der Waals surface area contributed by atoms with Crippen molar-refractivity contribution in [2.45, 2.75) is 19.9 Å². The van der Waals surface area contributed by atoms with Crippen LogP contribution < -0.4 is 10.3 Å². The molecule has 0 aliphatic carbocycles. The molecule has 2 rings (SSSR count). The van der Waals surface area contributed by atoms with Crippen molar-refractivity contribution in [2.24, 2.45) is 0 Å². The maximum Gasteiger partial charge on any atom is 0.255 e. The molecule has 1 aromatic heterocycles. The number of halogens is 1. The van der Waals surface area contributed by atoms with E-state index in [0.29, 0.717) is 22.9 Å². The second kappa shape index (κ2) is 6.47. The van der Waals surface area contributed by atoms with E-state index in [-0.39, 0.29) is 12.0 Å². The van der Waals surface area contributed by atoms with Crippen LogP contribution in [0.25, 0.3) is 11.3 Å². The molecule has 0 N–H and O–H groups in total. The maximum atomic E-state index is 12.4. The Bertz CT molecular complexity index is 760. The number of benzene rings is 1.